The van der Waals surface area contributed by atoms with Crippen LogP contribution in [0.1, 0.15) is 35.7 Å². The van der Waals surface area contributed by atoms with Crippen LogP contribution in [0.4, 0.5) is 4.39 Å². The lowest BCUT2D eigenvalue weighted by Crippen LogP contribution is -2.32. The third kappa shape index (κ3) is 3.63. The first kappa shape index (κ1) is 18.2. The molecule has 0 fully saturated rings. The number of carbonyl (C=O) groups is 1. The minimum Gasteiger partial charge on any atom is -0.497 e. The number of carbonyl (C=O) groups excluding carboxylic acids is 1. The van der Waals surface area contributed by atoms with Crippen LogP contribution in [0.15, 0.2) is 54.7 Å². The smallest absolute Gasteiger partial charge is 0.225 e. The summed E-state index contributed by atoms with van der Waals surface area (Å²) >= 11 is 0. The van der Waals surface area contributed by atoms with E-state index in [0.29, 0.717) is 5.56 Å². The fourth-order valence-corrected chi connectivity index (χ4v) is 3.71. The van der Waals surface area contributed by atoms with Crippen LogP contribution < -0.4 is 10.1 Å². The van der Waals surface area contributed by atoms with Gasteiger partial charge in [0.1, 0.15) is 11.6 Å². The molecular formula is C22H22FN3O2. The standard InChI is InChI=1S/C22H22FN3O2/c1-28-17-11-9-16(10-12-17)26-21-8-4-7-20(18(21)14-24-26)25-22(27)13-15-5-2-3-6-19(15)23/h2-3,5-6,9-12,14,20H,4,7-8,13H2,1H3,(H,25,27)/t20-/m1/s1. The Morgan fingerprint density at radius 2 is 2.04 bits per heavy atom. The van der Waals surface area contributed by atoms with Crippen LogP contribution in [-0.4, -0.2) is 22.8 Å². The number of halogens is 1. The van der Waals surface area contributed by atoms with E-state index >= 15 is 0 Å². The van der Waals surface area contributed by atoms with Gasteiger partial charge < -0.3 is 10.1 Å². The Morgan fingerprint density at radius 3 is 2.79 bits per heavy atom. The summed E-state index contributed by atoms with van der Waals surface area (Å²) in [6.07, 6.45) is 4.57. The molecule has 0 unspecified atom stereocenters. The molecule has 28 heavy (non-hydrogen) atoms. The highest BCUT2D eigenvalue weighted by Crippen LogP contribution is 2.31. The number of nitrogens with zero attached hydrogens (tertiary/aromatic N) is 2. The maximum atomic E-state index is 13.8. The Balaban J connectivity index is 1.52. The number of nitrogens with one attached hydrogen (secondary N) is 1. The van der Waals surface area contributed by atoms with Crippen molar-refractivity contribution in [3.05, 3.63) is 77.4 Å². The molecule has 0 spiro atoms. The lowest BCUT2D eigenvalue weighted by molar-refractivity contribution is -0.121. The van der Waals surface area contributed by atoms with Gasteiger partial charge in [0.2, 0.25) is 5.91 Å². The Bertz CT molecular complexity index is 982. The fraction of sp³-hybridized carbons (Fsp3) is 0.273. The molecule has 1 heterocycles. The van der Waals surface area contributed by atoms with Crippen LogP contribution in [0.25, 0.3) is 5.69 Å². The number of fused-ring (bicyclic) bond motifs is 1. The SMILES string of the molecule is COc1ccc(-n2ncc3c2CCC[C@H]3NC(=O)Cc2ccccc2F)cc1. The highest BCUT2D eigenvalue weighted by molar-refractivity contribution is 5.79. The number of benzene rings is 2. The Labute approximate surface area is 163 Å². The van der Waals surface area contributed by atoms with Crippen LogP contribution in [0.3, 0.4) is 0 Å². The van der Waals surface area contributed by atoms with Gasteiger partial charge in [-0.3, -0.25) is 4.79 Å². The van der Waals surface area contributed by atoms with Crippen molar-refractivity contribution in [2.45, 2.75) is 31.7 Å². The van der Waals surface area contributed by atoms with Crippen molar-refractivity contribution >= 4 is 5.91 Å². The molecule has 0 saturated heterocycles. The highest BCUT2D eigenvalue weighted by Gasteiger charge is 2.26. The quantitative estimate of drug-likeness (QED) is 0.734. The van der Waals surface area contributed by atoms with Gasteiger partial charge in [-0.15, -0.1) is 0 Å². The molecule has 0 radical (unpaired) electrons. The summed E-state index contributed by atoms with van der Waals surface area (Å²) in [7, 11) is 1.64. The van der Waals surface area contributed by atoms with Gasteiger partial charge in [0.05, 0.1) is 31.5 Å². The van der Waals surface area contributed by atoms with Gasteiger partial charge in [0.15, 0.2) is 0 Å². The third-order valence-corrected chi connectivity index (χ3v) is 5.14. The molecule has 4 rings (SSSR count). The van der Waals surface area contributed by atoms with Gasteiger partial charge in [-0.25, -0.2) is 9.07 Å². The molecule has 1 atom stereocenters. The van der Waals surface area contributed by atoms with Crippen molar-refractivity contribution in [3.8, 4) is 11.4 Å². The van der Waals surface area contributed by atoms with E-state index < -0.39 is 0 Å². The molecule has 1 aliphatic rings. The second-order valence-electron chi connectivity index (χ2n) is 6.94. The van der Waals surface area contributed by atoms with Crippen molar-refractivity contribution < 1.29 is 13.9 Å². The first-order valence-electron chi connectivity index (χ1n) is 9.39. The molecule has 0 aliphatic heterocycles. The normalized spacial score (nSPS) is 15.7. The van der Waals surface area contributed by atoms with E-state index in [1.807, 2.05) is 35.1 Å². The van der Waals surface area contributed by atoms with Crippen molar-refractivity contribution in [3.63, 3.8) is 0 Å². The number of aromatic nitrogens is 2. The first-order chi connectivity index (χ1) is 13.7. The maximum absolute atomic E-state index is 13.8. The second-order valence-corrected chi connectivity index (χ2v) is 6.94. The van der Waals surface area contributed by atoms with Crippen LogP contribution in [0.2, 0.25) is 0 Å². The number of ether oxygens (including phenoxy) is 1. The molecule has 144 valence electrons. The van der Waals surface area contributed by atoms with Gasteiger partial charge in [-0.2, -0.15) is 5.10 Å². The average Bonchev–Trinajstić information content (AvgIpc) is 3.15. The topological polar surface area (TPSA) is 56.1 Å². The van der Waals surface area contributed by atoms with Crippen LogP contribution >= 0.6 is 0 Å². The number of amides is 1. The third-order valence-electron chi connectivity index (χ3n) is 5.14. The zero-order valence-electron chi connectivity index (χ0n) is 15.7. The van der Waals surface area contributed by atoms with E-state index in [9.17, 15) is 9.18 Å². The van der Waals surface area contributed by atoms with Crippen molar-refractivity contribution in [2.24, 2.45) is 0 Å². The highest BCUT2D eigenvalue weighted by atomic mass is 19.1. The van der Waals surface area contributed by atoms with Crippen LogP contribution in [0.5, 0.6) is 5.75 Å². The number of rotatable bonds is 5. The van der Waals surface area contributed by atoms with Gasteiger partial charge in [-0.1, -0.05) is 18.2 Å². The number of hydrogen-bond acceptors (Lipinski definition) is 3. The Morgan fingerprint density at radius 1 is 1.25 bits per heavy atom. The van der Waals surface area contributed by atoms with E-state index in [-0.39, 0.29) is 24.2 Å². The molecule has 2 aromatic carbocycles. The van der Waals surface area contributed by atoms with Gasteiger partial charge >= 0.3 is 0 Å². The number of methoxy groups -OCH3 is 1. The summed E-state index contributed by atoms with van der Waals surface area (Å²) in [5.41, 5.74) is 3.50. The molecule has 3 aromatic rings. The van der Waals surface area contributed by atoms with Crippen molar-refractivity contribution in [1.29, 1.82) is 0 Å². The maximum Gasteiger partial charge on any atom is 0.225 e. The molecular weight excluding hydrogens is 357 g/mol. The summed E-state index contributed by atoms with van der Waals surface area (Å²) < 4.78 is 20.9. The van der Waals surface area contributed by atoms with Gasteiger partial charge in [0.25, 0.3) is 0 Å². The van der Waals surface area contributed by atoms with E-state index in [1.54, 1.807) is 25.3 Å². The average molecular weight is 379 g/mol. The van der Waals surface area contributed by atoms with Crippen LogP contribution in [-0.2, 0) is 17.6 Å². The molecule has 1 aliphatic carbocycles. The molecule has 1 N–H and O–H groups in total. The number of hydrogen-bond donors (Lipinski definition) is 1. The van der Waals surface area contributed by atoms with Crippen molar-refractivity contribution in [1.82, 2.24) is 15.1 Å². The summed E-state index contributed by atoms with van der Waals surface area (Å²) in [5, 5.41) is 7.60. The summed E-state index contributed by atoms with van der Waals surface area (Å²) in [6, 6.07) is 14.0. The van der Waals surface area contributed by atoms with E-state index in [1.165, 1.54) is 6.07 Å². The molecule has 1 aromatic heterocycles. The van der Waals surface area contributed by atoms with E-state index in [4.69, 9.17) is 4.74 Å². The minimum atomic E-state index is -0.352. The predicted molar refractivity (Wildman–Crippen MR) is 104 cm³/mol. The first-order valence-corrected chi connectivity index (χ1v) is 9.39. The zero-order valence-corrected chi connectivity index (χ0v) is 15.7. The molecule has 0 bridgehead atoms. The minimum absolute atomic E-state index is 0.0329. The molecule has 0 saturated carbocycles. The summed E-state index contributed by atoms with van der Waals surface area (Å²) in [5.74, 6) is 0.262. The molecule has 6 heteroatoms. The largest absolute Gasteiger partial charge is 0.497 e. The fourth-order valence-electron chi connectivity index (χ4n) is 3.71. The second kappa shape index (κ2) is 7.84. The van der Waals surface area contributed by atoms with Crippen molar-refractivity contribution in [2.75, 3.05) is 7.11 Å². The van der Waals surface area contributed by atoms with Gasteiger partial charge in [-0.05, 0) is 55.2 Å². The Kier molecular flexibility index (Phi) is 5.10. The van der Waals surface area contributed by atoms with Crippen LogP contribution in [0, 0.1) is 5.82 Å². The Hall–Kier alpha value is -3.15. The predicted octanol–water partition coefficient (Wildman–Crippen LogP) is 3.76. The lowest BCUT2D eigenvalue weighted by atomic mass is 9.92. The zero-order chi connectivity index (χ0) is 19.5. The van der Waals surface area contributed by atoms with E-state index in [0.717, 1.165) is 42.0 Å². The summed E-state index contributed by atoms with van der Waals surface area (Å²) in [4.78, 5) is 12.5. The molecule has 5 nitrogen and oxygen atoms in total. The monoisotopic (exact) mass is 379 g/mol. The lowest BCUT2D eigenvalue weighted by Gasteiger charge is -2.24. The van der Waals surface area contributed by atoms with Gasteiger partial charge in [0, 0.05) is 11.3 Å². The summed E-state index contributed by atoms with van der Waals surface area (Å²) in [6.45, 7) is 0. The molecule has 1 amide bonds. The van der Waals surface area contributed by atoms with E-state index in [2.05, 4.69) is 10.4 Å².